The molecule has 1 atom stereocenters. The Kier molecular flexibility index (Phi) is 10.2. The number of aliphatic imine (C=N–C) groups is 1. The molecule has 1 heterocycles. The largest absolute Gasteiger partial charge is 0.378 e. The van der Waals surface area contributed by atoms with E-state index >= 15 is 0 Å². The highest BCUT2D eigenvalue weighted by Gasteiger charge is 2.15. The SMILES string of the molecule is CCNC(=NCC1CCCO1)NCCCCOC1CCCCCC1. The van der Waals surface area contributed by atoms with E-state index in [0.717, 1.165) is 58.1 Å². The van der Waals surface area contributed by atoms with Gasteiger partial charge < -0.3 is 20.1 Å². The summed E-state index contributed by atoms with van der Waals surface area (Å²) in [4.78, 5) is 4.64. The molecule has 2 N–H and O–H groups in total. The fourth-order valence-corrected chi connectivity index (χ4v) is 3.42. The topological polar surface area (TPSA) is 54.9 Å². The van der Waals surface area contributed by atoms with E-state index in [1.165, 1.54) is 44.9 Å². The fraction of sp³-hybridized carbons (Fsp3) is 0.947. The van der Waals surface area contributed by atoms with Gasteiger partial charge in [-0.05, 0) is 45.4 Å². The van der Waals surface area contributed by atoms with E-state index in [2.05, 4.69) is 22.5 Å². The number of guanidine groups is 1. The van der Waals surface area contributed by atoms with E-state index in [9.17, 15) is 0 Å². The number of hydrogen-bond acceptors (Lipinski definition) is 3. The minimum absolute atomic E-state index is 0.313. The van der Waals surface area contributed by atoms with Gasteiger partial charge in [-0.25, -0.2) is 0 Å². The predicted octanol–water partition coefficient (Wildman–Crippen LogP) is 3.24. The highest BCUT2D eigenvalue weighted by molar-refractivity contribution is 5.79. The second-order valence-electron chi connectivity index (χ2n) is 6.97. The van der Waals surface area contributed by atoms with E-state index in [1.54, 1.807) is 0 Å². The van der Waals surface area contributed by atoms with Crippen molar-refractivity contribution in [1.82, 2.24) is 10.6 Å². The van der Waals surface area contributed by atoms with Crippen LogP contribution in [-0.2, 0) is 9.47 Å². The maximum atomic E-state index is 6.04. The Morgan fingerprint density at radius 2 is 1.88 bits per heavy atom. The van der Waals surface area contributed by atoms with E-state index < -0.39 is 0 Å². The third-order valence-corrected chi connectivity index (χ3v) is 4.84. The molecule has 0 radical (unpaired) electrons. The van der Waals surface area contributed by atoms with Crippen molar-refractivity contribution >= 4 is 5.96 Å². The molecular formula is C19H37N3O2. The van der Waals surface area contributed by atoms with Gasteiger partial charge >= 0.3 is 0 Å². The zero-order chi connectivity index (χ0) is 16.9. The summed E-state index contributed by atoms with van der Waals surface area (Å²) in [6.45, 7) is 6.50. The molecule has 0 aromatic carbocycles. The number of hydrogen-bond donors (Lipinski definition) is 2. The van der Waals surface area contributed by atoms with Crippen LogP contribution >= 0.6 is 0 Å². The molecule has 0 aromatic heterocycles. The molecule has 24 heavy (non-hydrogen) atoms. The van der Waals surface area contributed by atoms with E-state index in [4.69, 9.17) is 9.47 Å². The lowest BCUT2D eigenvalue weighted by molar-refractivity contribution is 0.0411. The summed E-state index contributed by atoms with van der Waals surface area (Å²) >= 11 is 0. The third kappa shape index (κ3) is 8.34. The van der Waals surface area contributed by atoms with E-state index in [0.29, 0.717) is 12.2 Å². The van der Waals surface area contributed by atoms with Crippen molar-refractivity contribution in [3.8, 4) is 0 Å². The minimum atomic E-state index is 0.313. The van der Waals surface area contributed by atoms with Crippen LogP contribution in [-0.4, -0.2) is 51.0 Å². The highest BCUT2D eigenvalue weighted by atomic mass is 16.5. The standard InChI is InChI=1S/C19H37N3O2/c1-2-20-19(22-16-18-12-9-15-24-18)21-13-7-8-14-23-17-10-5-3-4-6-11-17/h17-18H,2-16H2,1H3,(H2,20,21,22). The first kappa shape index (κ1) is 19.5. The summed E-state index contributed by atoms with van der Waals surface area (Å²) in [5.41, 5.74) is 0. The molecule has 1 unspecified atom stereocenters. The van der Waals surface area contributed by atoms with Crippen LogP contribution in [0.2, 0.25) is 0 Å². The number of ether oxygens (including phenoxy) is 2. The van der Waals surface area contributed by atoms with Crippen molar-refractivity contribution in [2.24, 2.45) is 4.99 Å². The summed E-state index contributed by atoms with van der Waals surface area (Å²) in [6, 6.07) is 0. The molecule has 1 saturated carbocycles. The maximum Gasteiger partial charge on any atom is 0.191 e. The molecule has 0 aromatic rings. The molecule has 0 bridgehead atoms. The average Bonchev–Trinajstić information content (AvgIpc) is 2.98. The van der Waals surface area contributed by atoms with Gasteiger partial charge in [0.15, 0.2) is 5.96 Å². The van der Waals surface area contributed by atoms with Crippen molar-refractivity contribution < 1.29 is 9.47 Å². The Morgan fingerprint density at radius 1 is 1.04 bits per heavy atom. The van der Waals surface area contributed by atoms with Crippen LogP contribution in [0, 0.1) is 0 Å². The molecule has 1 saturated heterocycles. The molecule has 0 amide bonds. The zero-order valence-electron chi connectivity index (χ0n) is 15.5. The molecule has 2 rings (SSSR count). The second-order valence-corrected chi connectivity index (χ2v) is 6.97. The molecule has 5 heteroatoms. The van der Waals surface area contributed by atoms with Crippen molar-refractivity contribution in [2.75, 3.05) is 32.8 Å². The Bertz CT molecular complexity index is 336. The minimum Gasteiger partial charge on any atom is -0.378 e. The van der Waals surface area contributed by atoms with Crippen molar-refractivity contribution in [2.45, 2.75) is 83.3 Å². The van der Waals surface area contributed by atoms with Gasteiger partial charge in [-0.1, -0.05) is 25.7 Å². The van der Waals surface area contributed by atoms with Crippen LogP contribution in [0.4, 0.5) is 0 Å². The lowest BCUT2D eigenvalue weighted by atomic mass is 10.1. The van der Waals surface area contributed by atoms with Crippen molar-refractivity contribution in [1.29, 1.82) is 0 Å². The van der Waals surface area contributed by atoms with Gasteiger partial charge in [0.1, 0.15) is 0 Å². The van der Waals surface area contributed by atoms with Crippen molar-refractivity contribution in [3.05, 3.63) is 0 Å². The summed E-state index contributed by atoms with van der Waals surface area (Å²) in [5.74, 6) is 0.915. The van der Waals surface area contributed by atoms with Gasteiger partial charge in [0.2, 0.25) is 0 Å². The van der Waals surface area contributed by atoms with Crippen LogP contribution in [0.15, 0.2) is 4.99 Å². The molecule has 140 valence electrons. The van der Waals surface area contributed by atoms with Crippen LogP contribution in [0.25, 0.3) is 0 Å². The van der Waals surface area contributed by atoms with Crippen LogP contribution in [0.5, 0.6) is 0 Å². The van der Waals surface area contributed by atoms with Gasteiger partial charge in [0.05, 0.1) is 18.8 Å². The first-order valence-electron chi connectivity index (χ1n) is 10.1. The number of nitrogens with one attached hydrogen (secondary N) is 2. The molecule has 2 fully saturated rings. The summed E-state index contributed by atoms with van der Waals surface area (Å²) in [6.07, 6.45) is 13.4. The Hall–Kier alpha value is -0.810. The summed E-state index contributed by atoms with van der Waals surface area (Å²) < 4.78 is 11.7. The molecule has 0 spiro atoms. The smallest absolute Gasteiger partial charge is 0.191 e. The van der Waals surface area contributed by atoms with E-state index in [-0.39, 0.29) is 0 Å². The quantitative estimate of drug-likeness (QED) is 0.293. The Labute approximate surface area is 148 Å². The fourth-order valence-electron chi connectivity index (χ4n) is 3.42. The monoisotopic (exact) mass is 339 g/mol. The van der Waals surface area contributed by atoms with Crippen LogP contribution in [0.1, 0.15) is 71.1 Å². The first-order valence-corrected chi connectivity index (χ1v) is 10.1. The lowest BCUT2D eigenvalue weighted by Crippen LogP contribution is -2.38. The van der Waals surface area contributed by atoms with E-state index in [1.807, 2.05) is 0 Å². The van der Waals surface area contributed by atoms with Crippen LogP contribution in [0.3, 0.4) is 0 Å². The molecule has 1 aliphatic carbocycles. The molecule has 2 aliphatic rings. The normalized spacial score (nSPS) is 23.2. The maximum absolute atomic E-state index is 6.04. The third-order valence-electron chi connectivity index (χ3n) is 4.84. The number of unbranched alkanes of at least 4 members (excludes halogenated alkanes) is 1. The van der Waals surface area contributed by atoms with Gasteiger partial charge in [-0.2, -0.15) is 0 Å². The second kappa shape index (κ2) is 12.5. The predicted molar refractivity (Wildman–Crippen MR) is 99.6 cm³/mol. The van der Waals surface area contributed by atoms with Gasteiger partial charge in [-0.15, -0.1) is 0 Å². The van der Waals surface area contributed by atoms with Gasteiger partial charge in [-0.3, -0.25) is 4.99 Å². The van der Waals surface area contributed by atoms with Gasteiger partial charge in [0, 0.05) is 26.3 Å². The Morgan fingerprint density at radius 3 is 2.58 bits per heavy atom. The molecule has 1 aliphatic heterocycles. The van der Waals surface area contributed by atoms with Crippen molar-refractivity contribution in [3.63, 3.8) is 0 Å². The Balaban J connectivity index is 1.52. The lowest BCUT2D eigenvalue weighted by Gasteiger charge is -2.16. The first-order chi connectivity index (χ1) is 11.9. The van der Waals surface area contributed by atoms with Crippen LogP contribution < -0.4 is 10.6 Å². The number of rotatable bonds is 9. The average molecular weight is 340 g/mol. The molecular weight excluding hydrogens is 302 g/mol. The van der Waals surface area contributed by atoms with Gasteiger partial charge in [0.25, 0.3) is 0 Å². The molecule has 5 nitrogen and oxygen atoms in total. The summed E-state index contributed by atoms with van der Waals surface area (Å²) in [5, 5.41) is 6.73. The zero-order valence-corrected chi connectivity index (χ0v) is 15.5. The number of nitrogens with zero attached hydrogens (tertiary/aromatic N) is 1. The highest BCUT2D eigenvalue weighted by Crippen LogP contribution is 2.19. The summed E-state index contributed by atoms with van der Waals surface area (Å²) in [7, 11) is 0.